The highest BCUT2D eigenvalue weighted by molar-refractivity contribution is 6.37. The van der Waals surface area contributed by atoms with Gasteiger partial charge in [0.1, 0.15) is 17.2 Å². The standard InChI is InChI=1S/C25H23N3O4/c1-16-8-9-21(32-3)19(14-16)27-23-22(18-6-4-5-7-20(18)31-2)24(29)28(25(23)30)15-17-10-12-26-13-11-17/h4-14,27H,15H2,1-3H3. The van der Waals surface area contributed by atoms with Gasteiger partial charge >= 0.3 is 0 Å². The molecular formula is C25H23N3O4. The molecule has 1 aromatic heterocycles. The maximum atomic E-state index is 13.5. The molecule has 0 unspecified atom stereocenters. The maximum absolute atomic E-state index is 13.5. The zero-order valence-corrected chi connectivity index (χ0v) is 18.1. The van der Waals surface area contributed by atoms with E-state index in [1.54, 1.807) is 49.8 Å². The number of rotatable bonds is 7. The Balaban J connectivity index is 1.82. The number of ether oxygens (including phenoxy) is 2. The zero-order valence-electron chi connectivity index (χ0n) is 18.1. The first kappa shape index (κ1) is 21.1. The summed E-state index contributed by atoms with van der Waals surface area (Å²) in [7, 11) is 3.09. The molecule has 1 N–H and O–H groups in total. The van der Waals surface area contributed by atoms with E-state index in [4.69, 9.17) is 9.47 Å². The van der Waals surface area contributed by atoms with Crippen molar-refractivity contribution >= 4 is 23.1 Å². The lowest BCUT2D eigenvalue weighted by Gasteiger charge is -2.16. The first-order valence-corrected chi connectivity index (χ1v) is 10.1. The van der Waals surface area contributed by atoms with Crippen molar-refractivity contribution in [3.05, 3.63) is 89.4 Å². The Morgan fingerprint density at radius 3 is 2.34 bits per heavy atom. The van der Waals surface area contributed by atoms with Gasteiger partial charge in [-0.1, -0.05) is 24.3 Å². The number of anilines is 1. The molecule has 0 fully saturated rings. The Morgan fingerprint density at radius 2 is 1.62 bits per heavy atom. The number of hydrogen-bond donors (Lipinski definition) is 1. The fourth-order valence-corrected chi connectivity index (χ4v) is 3.66. The number of carbonyl (C=O) groups excluding carboxylic acids is 2. The minimum absolute atomic E-state index is 0.134. The van der Waals surface area contributed by atoms with Gasteiger partial charge < -0.3 is 14.8 Å². The number of benzene rings is 2. The van der Waals surface area contributed by atoms with Crippen molar-refractivity contribution in [2.45, 2.75) is 13.5 Å². The van der Waals surface area contributed by atoms with Crippen LogP contribution in [0.4, 0.5) is 5.69 Å². The Hall–Kier alpha value is -4.13. The number of para-hydroxylation sites is 1. The minimum Gasteiger partial charge on any atom is -0.496 e. The molecule has 1 aliphatic rings. The SMILES string of the molecule is COc1ccc(C)cc1NC1=C(c2ccccc2OC)C(=O)N(Cc2ccncc2)C1=O. The van der Waals surface area contributed by atoms with Crippen LogP contribution < -0.4 is 14.8 Å². The second kappa shape index (κ2) is 8.93. The van der Waals surface area contributed by atoms with Gasteiger partial charge in [-0.2, -0.15) is 0 Å². The molecule has 32 heavy (non-hydrogen) atoms. The molecule has 4 rings (SSSR count). The first-order valence-electron chi connectivity index (χ1n) is 10.1. The van der Waals surface area contributed by atoms with Gasteiger partial charge in [-0.25, -0.2) is 0 Å². The molecule has 1 aliphatic heterocycles. The molecule has 2 amide bonds. The van der Waals surface area contributed by atoms with Crippen molar-refractivity contribution < 1.29 is 19.1 Å². The smallest absolute Gasteiger partial charge is 0.278 e. The summed E-state index contributed by atoms with van der Waals surface area (Å²) in [4.78, 5) is 32.2. The normalized spacial score (nSPS) is 13.5. The monoisotopic (exact) mass is 429 g/mol. The van der Waals surface area contributed by atoms with Gasteiger partial charge in [-0.05, 0) is 48.4 Å². The topological polar surface area (TPSA) is 80.8 Å². The van der Waals surface area contributed by atoms with Gasteiger partial charge in [-0.15, -0.1) is 0 Å². The number of nitrogens with zero attached hydrogens (tertiary/aromatic N) is 2. The van der Waals surface area contributed by atoms with E-state index >= 15 is 0 Å². The van der Waals surface area contributed by atoms with Gasteiger partial charge in [0.15, 0.2) is 0 Å². The number of hydrogen-bond acceptors (Lipinski definition) is 6. The van der Waals surface area contributed by atoms with E-state index in [0.29, 0.717) is 22.7 Å². The molecule has 3 aromatic rings. The lowest BCUT2D eigenvalue weighted by Crippen LogP contribution is -2.32. The van der Waals surface area contributed by atoms with Crippen molar-refractivity contribution in [2.75, 3.05) is 19.5 Å². The molecule has 7 nitrogen and oxygen atoms in total. The van der Waals surface area contributed by atoms with Crippen molar-refractivity contribution in [3.63, 3.8) is 0 Å². The number of nitrogens with one attached hydrogen (secondary N) is 1. The van der Waals surface area contributed by atoms with E-state index in [-0.39, 0.29) is 17.8 Å². The molecule has 2 aromatic carbocycles. The van der Waals surface area contributed by atoms with E-state index in [1.165, 1.54) is 12.0 Å². The number of aromatic nitrogens is 1. The average Bonchev–Trinajstić information content (AvgIpc) is 3.04. The largest absolute Gasteiger partial charge is 0.496 e. The molecule has 0 aliphatic carbocycles. The van der Waals surface area contributed by atoms with E-state index in [0.717, 1.165) is 11.1 Å². The zero-order chi connectivity index (χ0) is 22.7. The summed E-state index contributed by atoms with van der Waals surface area (Å²) in [5.74, 6) is 0.252. The number of methoxy groups -OCH3 is 2. The van der Waals surface area contributed by atoms with Crippen LogP contribution in [0.1, 0.15) is 16.7 Å². The number of imide groups is 1. The summed E-state index contributed by atoms with van der Waals surface area (Å²) in [6, 6.07) is 16.3. The summed E-state index contributed by atoms with van der Waals surface area (Å²) >= 11 is 0. The Morgan fingerprint density at radius 1 is 0.906 bits per heavy atom. The highest BCUT2D eigenvalue weighted by atomic mass is 16.5. The third-order valence-electron chi connectivity index (χ3n) is 5.25. The molecule has 0 bridgehead atoms. The van der Waals surface area contributed by atoms with Crippen LogP contribution in [0.25, 0.3) is 5.57 Å². The number of aryl methyl sites for hydroxylation is 1. The molecule has 0 radical (unpaired) electrons. The summed E-state index contributed by atoms with van der Waals surface area (Å²) in [6.07, 6.45) is 3.26. The number of pyridine rings is 1. The van der Waals surface area contributed by atoms with Gasteiger partial charge in [0, 0.05) is 18.0 Å². The van der Waals surface area contributed by atoms with E-state index in [1.807, 2.05) is 31.2 Å². The van der Waals surface area contributed by atoms with Crippen LogP contribution in [-0.4, -0.2) is 35.9 Å². The molecule has 2 heterocycles. The second-order valence-electron chi connectivity index (χ2n) is 7.33. The number of carbonyl (C=O) groups is 2. The predicted molar refractivity (Wildman–Crippen MR) is 121 cm³/mol. The number of amides is 2. The molecule has 162 valence electrons. The predicted octanol–water partition coefficient (Wildman–Crippen LogP) is 3.80. The Bertz CT molecular complexity index is 1200. The molecule has 0 saturated heterocycles. The molecule has 0 spiro atoms. The Kier molecular flexibility index (Phi) is 5.89. The van der Waals surface area contributed by atoms with Crippen LogP contribution in [0.5, 0.6) is 11.5 Å². The summed E-state index contributed by atoms with van der Waals surface area (Å²) in [6.45, 7) is 2.08. The fraction of sp³-hybridized carbons (Fsp3) is 0.160. The van der Waals surface area contributed by atoms with Crippen molar-refractivity contribution in [3.8, 4) is 11.5 Å². The third-order valence-corrected chi connectivity index (χ3v) is 5.25. The second-order valence-corrected chi connectivity index (χ2v) is 7.33. The van der Waals surface area contributed by atoms with Gasteiger partial charge in [0.2, 0.25) is 0 Å². The first-order chi connectivity index (χ1) is 15.5. The van der Waals surface area contributed by atoms with Gasteiger partial charge in [-0.3, -0.25) is 19.5 Å². The highest BCUT2D eigenvalue weighted by Crippen LogP contribution is 2.37. The summed E-state index contributed by atoms with van der Waals surface area (Å²) in [5.41, 5.74) is 3.36. The van der Waals surface area contributed by atoms with Crippen LogP contribution >= 0.6 is 0 Å². The van der Waals surface area contributed by atoms with Crippen LogP contribution in [0.15, 0.2) is 72.7 Å². The Labute approximate surface area is 186 Å². The maximum Gasteiger partial charge on any atom is 0.278 e. The van der Waals surface area contributed by atoms with Gasteiger partial charge in [0.25, 0.3) is 11.8 Å². The van der Waals surface area contributed by atoms with Crippen LogP contribution in [0.3, 0.4) is 0 Å². The van der Waals surface area contributed by atoms with E-state index < -0.39 is 11.8 Å². The van der Waals surface area contributed by atoms with Gasteiger partial charge in [0.05, 0.1) is 32.0 Å². The quantitative estimate of drug-likeness (QED) is 0.576. The summed E-state index contributed by atoms with van der Waals surface area (Å²) in [5, 5.41) is 3.17. The molecule has 0 atom stereocenters. The lowest BCUT2D eigenvalue weighted by molar-refractivity contribution is -0.137. The average molecular weight is 429 g/mol. The molecule has 0 saturated carbocycles. The molecule has 7 heteroatoms. The highest BCUT2D eigenvalue weighted by Gasteiger charge is 2.40. The van der Waals surface area contributed by atoms with Crippen molar-refractivity contribution in [2.24, 2.45) is 0 Å². The van der Waals surface area contributed by atoms with Crippen LogP contribution in [-0.2, 0) is 16.1 Å². The van der Waals surface area contributed by atoms with Crippen molar-refractivity contribution in [1.29, 1.82) is 0 Å². The molecular weight excluding hydrogens is 406 g/mol. The van der Waals surface area contributed by atoms with Crippen molar-refractivity contribution in [1.82, 2.24) is 9.88 Å². The lowest BCUT2D eigenvalue weighted by atomic mass is 10.0. The fourth-order valence-electron chi connectivity index (χ4n) is 3.66. The van der Waals surface area contributed by atoms with E-state index in [2.05, 4.69) is 10.3 Å². The summed E-state index contributed by atoms with van der Waals surface area (Å²) < 4.78 is 10.9. The van der Waals surface area contributed by atoms with Crippen LogP contribution in [0, 0.1) is 6.92 Å². The minimum atomic E-state index is -0.420. The third kappa shape index (κ3) is 3.92. The van der Waals surface area contributed by atoms with Crippen LogP contribution in [0.2, 0.25) is 0 Å². The van der Waals surface area contributed by atoms with E-state index in [9.17, 15) is 9.59 Å².